The minimum atomic E-state index is -0.350. The molecule has 0 saturated carbocycles. The Bertz CT molecular complexity index is 996. The van der Waals surface area contributed by atoms with Gasteiger partial charge < -0.3 is 15.4 Å². The van der Waals surface area contributed by atoms with Crippen molar-refractivity contribution in [1.29, 1.82) is 0 Å². The monoisotopic (exact) mass is 428 g/mol. The summed E-state index contributed by atoms with van der Waals surface area (Å²) in [5.74, 6) is -0.350. The van der Waals surface area contributed by atoms with Gasteiger partial charge in [-0.15, -0.1) is 11.3 Å². The molecule has 6 nitrogen and oxygen atoms in total. The Morgan fingerprint density at radius 3 is 2.72 bits per heavy atom. The first-order valence-electron chi connectivity index (χ1n) is 9.34. The van der Waals surface area contributed by atoms with E-state index in [4.69, 9.17) is 17.0 Å². The highest BCUT2D eigenvalue weighted by atomic mass is 32.1. The van der Waals surface area contributed by atoms with Crippen molar-refractivity contribution in [2.75, 3.05) is 11.9 Å². The van der Waals surface area contributed by atoms with Crippen molar-refractivity contribution in [1.82, 2.24) is 15.1 Å². The first-order valence-corrected chi connectivity index (χ1v) is 10.6. The van der Waals surface area contributed by atoms with E-state index in [0.29, 0.717) is 28.8 Å². The zero-order valence-corrected chi connectivity index (χ0v) is 18.3. The van der Waals surface area contributed by atoms with E-state index in [2.05, 4.69) is 27.9 Å². The molecule has 0 amide bonds. The molecule has 0 atom stereocenters. The first kappa shape index (κ1) is 21.0. The molecule has 8 heteroatoms. The summed E-state index contributed by atoms with van der Waals surface area (Å²) in [6, 6.07) is 12.0. The summed E-state index contributed by atoms with van der Waals surface area (Å²) in [5.41, 5.74) is 3.83. The van der Waals surface area contributed by atoms with Gasteiger partial charge in [0.15, 0.2) is 5.11 Å². The molecule has 29 heavy (non-hydrogen) atoms. The second kappa shape index (κ2) is 9.67. The molecule has 0 aliphatic rings. The molecule has 0 bridgehead atoms. The molecular formula is C21H24N4O2S2. The maximum Gasteiger partial charge on any atom is 0.341 e. The molecule has 152 valence electrons. The van der Waals surface area contributed by atoms with Crippen LogP contribution in [0.2, 0.25) is 0 Å². The normalized spacial score (nSPS) is 10.6. The molecule has 2 heterocycles. The summed E-state index contributed by atoms with van der Waals surface area (Å²) in [7, 11) is 1.90. The molecule has 0 saturated heterocycles. The van der Waals surface area contributed by atoms with Gasteiger partial charge in [0.1, 0.15) is 5.00 Å². The number of aryl methyl sites for hydroxylation is 1. The highest BCUT2D eigenvalue weighted by molar-refractivity contribution is 7.80. The Hall–Kier alpha value is -2.71. The Kier molecular flexibility index (Phi) is 7.00. The van der Waals surface area contributed by atoms with E-state index in [-0.39, 0.29) is 5.97 Å². The number of aromatic nitrogens is 2. The number of ether oxygens (including phenoxy) is 1. The third kappa shape index (κ3) is 5.42. The number of anilines is 1. The number of nitrogens with one attached hydrogen (secondary N) is 2. The van der Waals surface area contributed by atoms with Crippen LogP contribution in [0.1, 0.15) is 39.0 Å². The quantitative estimate of drug-likeness (QED) is 0.437. The number of carbonyl (C=O) groups excluding carboxylic acids is 1. The zero-order valence-electron chi connectivity index (χ0n) is 16.7. The fourth-order valence-electron chi connectivity index (χ4n) is 2.82. The number of thiocarbonyl (C=S) groups is 1. The molecule has 3 aromatic rings. The van der Waals surface area contributed by atoms with Crippen molar-refractivity contribution in [2.24, 2.45) is 7.05 Å². The van der Waals surface area contributed by atoms with Crippen LogP contribution in [-0.4, -0.2) is 27.5 Å². The predicted octanol–water partition coefficient (Wildman–Crippen LogP) is 4.04. The SMILES string of the molecule is CCOC(=O)c1cc(Cc2ccccc2)sc1NC(=S)NCc1cnn(C)c1C. The molecule has 3 rings (SSSR count). The standard InChI is InChI=1S/C21H24N4O2S2/c1-4-27-20(26)18-11-17(10-15-8-6-5-7-9-15)29-19(18)24-21(28)22-12-16-13-23-25(3)14(16)2/h5-9,11,13H,4,10,12H2,1-3H3,(H2,22,24,28). The third-order valence-corrected chi connectivity index (χ3v) is 5.80. The highest BCUT2D eigenvalue weighted by Gasteiger charge is 2.18. The average Bonchev–Trinajstić information content (AvgIpc) is 3.24. The zero-order chi connectivity index (χ0) is 20.8. The molecule has 1 aromatic carbocycles. The lowest BCUT2D eigenvalue weighted by Gasteiger charge is -2.10. The summed E-state index contributed by atoms with van der Waals surface area (Å²) in [4.78, 5) is 13.5. The number of hydrogen-bond donors (Lipinski definition) is 2. The summed E-state index contributed by atoms with van der Waals surface area (Å²) >= 11 is 6.95. The van der Waals surface area contributed by atoms with Gasteiger partial charge in [0.25, 0.3) is 0 Å². The Labute approximate surface area is 179 Å². The second-order valence-corrected chi connectivity index (χ2v) is 8.07. The van der Waals surface area contributed by atoms with Gasteiger partial charge in [0.05, 0.1) is 18.4 Å². The van der Waals surface area contributed by atoms with E-state index in [1.165, 1.54) is 16.9 Å². The maximum atomic E-state index is 12.4. The minimum Gasteiger partial charge on any atom is -0.462 e. The summed E-state index contributed by atoms with van der Waals surface area (Å²) in [6.07, 6.45) is 2.56. The van der Waals surface area contributed by atoms with Gasteiger partial charge in [-0.3, -0.25) is 4.68 Å². The Morgan fingerprint density at radius 1 is 1.31 bits per heavy atom. The highest BCUT2D eigenvalue weighted by Crippen LogP contribution is 2.30. The molecule has 0 aliphatic heterocycles. The lowest BCUT2D eigenvalue weighted by molar-refractivity contribution is 0.0528. The van der Waals surface area contributed by atoms with Crippen molar-refractivity contribution in [3.05, 3.63) is 69.9 Å². The number of thiophene rings is 1. The van der Waals surface area contributed by atoms with Gasteiger partial charge in [-0.1, -0.05) is 30.3 Å². The van der Waals surface area contributed by atoms with Crippen molar-refractivity contribution in [3.63, 3.8) is 0 Å². The molecule has 2 aromatic heterocycles. The first-order chi connectivity index (χ1) is 14.0. The van der Waals surface area contributed by atoms with Crippen LogP contribution in [0.25, 0.3) is 0 Å². The van der Waals surface area contributed by atoms with Gasteiger partial charge in [-0.05, 0) is 37.7 Å². The number of nitrogens with zero attached hydrogens (tertiary/aromatic N) is 2. The number of rotatable bonds is 7. The Balaban J connectivity index is 1.72. The summed E-state index contributed by atoms with van der Waals surface area (Å²) in [6.45, 7) is 4.69. The van der Waals surface area contributed by atoms with Gasteiger partial charge in [-0.2, -0.15) is 5.10 Å². The number of hydrogen-bond acceptors (Lipinski definition) is 5. The number of carbonyl (C=O) groups is 1. The minimum absolute atomic E-state index is 0.325. The molecule has 0 unspecified atom stereocenters. The van der Waals surface area contributed by atoms with Crippen LogP contribution in [0.4, 0.5) is 5.00 Å². The molecular weight excluding hydrogens is 404 g/mol. The second-order valence-electron chi connectivity index (χ2n) is 6.52. The van der Waals surface area contributed by atoms with Gasteiger partial charge in [0.2, 0.25) is 0 Å². The maximum absolute atomic E-state index is 12.4. The predicted molar refractivity (Wildman–Crippen MR) is 121 cm³/mol. The van der Waals surface area contributed by atoms with Crippen LogP contribution in [0.15, 0.2) is 42.6 Å². The van der Waals surface area contributed by atoms with Crippen LogP contribution in [0.3, 0.4) is 0 Å². The van der Waals surface area contributed by atoms with Crippen LogP contribution in [0.5, 0.6) is 0 Å². The van der Waals surface area contributed by atoms with Crippen LogP contribution in [0, 0.1) is 6.92 Å². The lowest BCUT2D eigenvalue weighted by Crippen LogP contribution is -2.28. The average molecular weight is 429 g/mol. The van der Waals surface area contributed by atoms with Crippen LogP contribution < -0.4 is 10.6 Å². The van der Waals surface area contributed by atoms with E-state index < -0.39 is 0 Å². The molecule has 0 aliphatic carbocycles. The third-order valence-electron chi connectivity index (χ3n) is 4.50. The largest absolute Gasteiger partial charge is 0.462 e. The fourth-order valence-corrected chi connectivity index (χ4v) is 4.14. The number of benzene rings is 1. The Morgan fingerprint density at radius 2 is 2.07 bits per heavy atom. The van der Waals surface area contributed by atoms with Gasteiger partial charge in [-0.25, -0.2) is 4.79 Å². The molecule has 0 fully saturated rings. The van der Waals surface area contributed by atoms with Gasteiger partial charge in [0, 0.05) is 36.1 Å². The van der Waals surface area contributed by atoms with Crippen molar-refractivity contribution in [3.8, 4) is 0 Å². The smallest absolute Gasteiger partial charge is 0.341 e. The van der Waals surface area contributed by atoms with Crippen molar-refractivity contribution in [2.45, 2.75) is 26.8 Å². The van der Waals surface area contributed by atoms with E-state index >= 15 is 0 Å². The molecule has 0 radical (unpaired) electrons. The molecule has 0 spiro atoms. The fraction of sp³-hybridized carbons (Fsp3) is 0.286. The van der Waals surface area contributed by atoms with Crippen molar-refractivity contribution < 1.29 is 9.53 Å². The van der Waals surface area contributed by atoms with E-state index in [1.54, 1.807) is 6.92 Å². The summed E-state index contributed by atoms with van der Waals surface area (Å²) < 4.78 is 7.04. The van der Waals surface area contributed by atoms with E-state index in [1.807, 2.05) is 49.1 Å². The van der Waals surface area contributed by atoms with Crippen LogP contribution >= 0.6 is 23.6 Å². The number of esters is 1. The van der Waals surface area contributed by atoms with Crippen molar-refractivity contribution >= 4 is 39.6 Å². The van der Waals surface area contributed by atoms with Gasteiger partial charge >= 0.3 is 5.97 Å². The lowest BCUT2D eigenvalue weighted by atomic mass is 10.1. The van der Waals surface area contributed by atoms with E-state index in [9.17, 15) is 4.79 Å². The topological polar surface area (TPSA) is 68.2 Å². The molecule has 2 N–H and O–H groups in total. The summed E-state index contributed by atoms with van der Waals surface area (Å²) in [5, 5.41) is 11.7. The van der Waals surface area contributed by atoms with E-state index in [0.717, 1.165) is 22.6 Å². The van der Waals surface area contributed by atoms with Crippen LogP contribution in [-0.2, 0) is 24.8 Å².